The second-order valence-electron chi connectivity index (χ2n) is 8.01. The fourth-order valence-electron chi connectivity index (χ4n) is 3.74. The Morgan fingerprint density at radius 1 is 1.06 bits per heavy atom. The third-order valence-corrected chi connectivity index (χ3v) is 5.63. The Balaban J connectivity index is 2.08. The third kappa shape index (κ3) is 6.06. The molecule has 5 nitrogen and oxygen atoms in total. The molecule has 1 amide bonds. The van der Waals surface area contributed by atoms with Crippen LogP contribution in [0.2, 0.25) is 0 Å². The lowest BCUT2D eigenvalue weighted by atomic mass is 9.94. The Morgan fingerprint density at radius 3 is 2.36 bits per heavy atom. The molecule has 2 aromatic carbocycles. The highest BCUT2D eigenvalue weighted by Crippen LogP contribution is 2.39. The average molecular weight is 463 g/mol. The van der Waals surface area contributed by atoms with Gasteiger partial charge in [0.2, 0.25) is 5.91 Å². The van der Waals surface area contributed by atoms with Crippen LogP contribution in [0.3, 0.4) is 0 Å². The van der Waals surface area contributed by atoms with Gasteiger partial charge in [0.25, 0.3) is 0 Å². The van der Waals surface area contributed by atoms with Gasteiger partial charge in [0.1, 0.15) is 5.75 Å². The van der Waals surface area contributed by atoms with E-state index in [4.69, 9.17) is 9.47 Å². The summed E-state index contributed by atoms with van der Waals surface area (Å²) in [6.07, 6.45) is -2.85. The summed E-state index contributed by atoms with van der Waals surface area (Å²) in [5, 5.41) is 0. The first-order chi connectivity index (χ1) is 15.7. The topological polar surface area (TPSA) is 55.8 Å². The molecule has 33 heavy (non-hydrogen) atoms. The number of halogens is 3. The van der Waals surface area contributed by atoms with Crippen molar-refractivity contribution in [3.05, 3.63) is 53.1 Å². The first-order valence-corrected chi connectivity index (χ1v) is 11.0. The highest BCUT2D eigenvalue weighted by molar-refractivity contribution is 5.82. The molecular weight excluding hydrogens is 435 g/mol. The van der Waals surface area contributed by atoms with Crippen molar-refractivity contribution in [1.82, 2.24) is 4.90 Å². The van der Waals surface area contributed by atoms with Crippen LogP contribution in [-0.2, 0) is 33.5 Å². The van der Waals surface area contributed by atoms with Crippen molar-refractivity contribution in [1.29, 1.82) is 0 Å². The monoisotopic (exact) mass is 463 g/mol. The zero-order valence-corrected chi connectivity index (χ0v) is 19.0. The third-order valence-electron chi connectivity index (χ3n) is 5.63. The van der Waals surface area contributed by atoms with Crippen molar-refractivity contribution in [3.8, 4) is 16.9 Å². The van der Waals surface area contributed by atoms with Crippen molar-refractivity contribution in [2.24, 2.45) is 5.92 Å². The van der Waals surface area contributed by atoms with Gasteiger partial charge in [0.05, 0.1) is 25.7 Å². The van der Waals surface area contributed by atoms with E-state index in [0.717, 1.165) is 25.0 Å². The number of hydrogen-bond donors (Lipinski definition) is 0. The van der Waals surface area contributed by atoms with Gasteiger partial charge in [-0.05, 0) is 67.6 Å². The van der Waals surface area contributed by atoms with Gasteiger partial charge in [-0.15, -0.1) is 0 Å². The van der Waals surface area contributed by atoms with Gasteiger partial charge in [-0.2, -0.15) is 13.2 Å². The molecular formula is C25H28F3NO4. The summed E-state index contributed by atoms with van der Waals surface area (Å²) in [5.74, 6) is -0.0264. The van der Waals surface area contributed by atoms with E-state index in [0.29, 0.717) is 34.5 Å². The summed E-state index contributed by atoms with van der Waals surface area (Å²) >= 11 is 0. The quantitative estimate of drug-likeness (QED) is 0.477. The molecule has 0 heterocycles. The molecule has 0 aliphatic heterocycles. The Kier molecular flexibility index (Phi) is 7.66. The van der Waals surface area contributed by atoms with Crippen molar-refractivity contribution >= 4 is 11.9 Å². The smallest absolute Gasteiger partial charge is 0.416 e. The molecule has 0 atom stereocenters. The zero-order valence-electron chi connectivity index (χ0n) is 19.0. The van der Waals surface area contributed by atoms with E-state index in [1.54, 1.807) is 30.0 Å². The molecule has 1 aliphatic rings. The molecule has 3 rings (SSSR count). The van der Waals surface area contributed by atoms with E-state index >= 15 is 0 Å². The maximum atomic E-state index is 13.5. The number of hydrogen-bond acceptors (Lipinski definition) is 4. The molecule has 0 saturated heterocycles. The number of nitrogens with zero attached hydrogens (tertiary/aromatic N) is 1. The van der Waals surface area contributed by atoms with E-state index in [2.05, 4.69) is 0 Å². The highest BCUT2D eigenvalue weighted by atomic mass is 19.4. The standard InChI is InChI=1S/C25H28F3NO4/c1-4-29(24(31)17-7-8-17)15-18-9-10-19(25(26,27)28)14-20(18)21-12-16(6-11-22(21)32-3)13-23(30)33-5-2/h6,9-12,14,17H,4-5,7-8,13,15H2,1-3H3. The predicted octanol–water partition coefficient (Wildman–Crippen LogP) is 5.25. The minimum atomic E-state index is -4.53. The fraction of sp³-hybridized carbons (Fsp3) is 0.440. The van der Waals surface area contributed by atoms with Gasteiger partial charge in [-0.3, -0.25) is 9.59 Å². The summed E-state index contributed by atoms with van der Waals surface area (Å²) in [5.41, 5.74) is 1.11. The molecule has 8 heteroatoms. The molecule has 0 spiro atoms. The van der Waals surface area contributed by atoms with Crippen molar-refractivity contribution in [3.63, 3.8) is 0 Å². The van der Waals surface area contributed by atoms with E-state index in [1.807, 2.05) is 6.92 Å². The molecule has 178 valence electrons. The SMILES string of the molecule is CCOC(=O)Cc1ccc(OC)c(-c2cc(C(F)(F)F)ccc2CN(CC)C(=O)C2CC2)c1. The molecule has 0 radical (unpaired) electrons. The number of benzene rings is 2. The zero-order chi connectivity index (χ0) is 24.2. The van der Waals surface area contributed by atoms with Gasteiger partial charge >= 0.3 is 12.1 Å². The number of methoxy groups -OCH3 is 1. The van der Waals surface area contributed by atoms with Crippen molar-refractivity contribution in [2.45, 2.75) is 45.8 Å². The van der Waals surface area contributed by atoms with Crippen molar-refractivity contribution in [2.75, 3.05) is 20.3 Å². The molecule has 0 aromatic heterocycles. The van der Waals surface area contributed by atoms with Crippen LogP contribution >= 0.6 is 0 Å². The first-order valence-electron chi connectivity index (χ1n) is 11.0. The summed E-state index contributed by atoms with van der Waals surface area (Å²) in [6, 6.07) is 8.48. The molecule has 2 aromatic rings. The number of alkyl halides is 3. The highest BCUT2D eigenvalue weighted by Gasteiger charge is 2.34. The largest absolute Gasteiger partial charge is 0.496 e. The number of carbonyl (C=O) groups is 2. The molecule has 0 N–H and O–H groups in total. The lowest BCUT2D eigenvalue weighted by molar-refractivity contribution is -0.142. The van der Waals surface area contributed by atoms with E-state index in [9.17, 15) is 22.8 Å². The predicted molar refractivity (Wildman–Crippen MR) is 118 cm³/mol. The molecule has 1 aliphatic carbocycles. The van der Waals surface area contributed by atoms with Gasteiger partial charge in [-0.1, -0.05) is 12.1 Å². The fourth-order valence-corrected chi connectivity index (χ4v) is 3.74. The second kappa shape index (κ2) is 10.3. The van der Waals surface area contributed by atoms with Gasteiger partial charge in [0.15, 0.2) is 0 Å². The molecule has 1 fully saturated rings. The molecule has 0 bridgehead atoms. The Hall–Kier alpha value is -3.03. The lowest BCUT2D eigenvalue weighted by Gasteiger charge is -2.24. The lowest BCUT2D eigenvalue weighted by Crippen LogP contribution is -2.31. The number of esters is 1. The Morgan fingerprint density at radius 2 is 1.79 bits per heavy atom. The van der Waals surface area contributed by atoms with E-state index < -0.39 is 17.7 Å². The van der Waals surface area contributed by atoms with Crippen LogP contribution in [0, 0.1) is 5.92 Å². The second-order valence-corrected chi connectivity index (χ2v) is 8.01. The van der Waals surface area contributed by atoms with Gasteiger partial charge in [0, 0.05) is 24.6 Å². The normalized spacial score (nSPS) is 13.5. The summed E-state index contributed by atoms with van der Waals surface area (Å²) in [7, 11) is 1.44. The number of ether oxygens (including phenoxy) is 2. The Bertz CT molecular complexity index is 1020. The van der Waals surface area contributed by atoms with E-state index in [-0.39, 0.29) is 31.4 Å². The van der Waals surface area contributed by atoms with Crippen LogP contribution in [0.15, 0.2) is 36.4 Å². The van der Waals surface area contributed by atoms with E-state index in [1.165, 1.54) is 13.2 Å². The number of rotatable bonds is 9. The van der Waals surface area contributed by atoms with Crippen LogP contribution in [0.4, 0.5) is 13.2 Å². The van der Waals surface area contributed by atoms with Crippen LogP contribution in [-0.4, -0.2) is 37.0 Å². The maximum Gasteiger partial charge on any atom is 0.416 e. The number of amides is 1. The minimum absolute atomic E-state index is 0.00490. The van der Waals surface area contributed by atoms with Crippen LogP contribution < -0.4 is 4.74 Å². The number of carbonyl (C=O) groups excluding carboxylic acids is 2. The summed E-state index contributed by atoms with van der Waals surface area (Å²) in [6.45, 7) is 4.43. The van der Waals surface area contributed by atoms with Crippen molar-refractivity contribution < 1.29 is 32.2 Å². The molecule has 1 saturated carbocycles. The molecule has 0 unspecified atom stereocenters. The van der Waals surface area contributed by atoms with Crippen LogP contribution in [0.25, 0.3) is 11.1 Å². The average Bonchev–Trinajstić information content (AvgIpc) is 3.62. The Labute approximate surface area is 191 Å². The van der Waals surface area contributed by atoms with Gasteiger partial charge in [-0.25, -0.2) is 0 Å². The summed E-state index contributed by atoms with van der Waals surface area (Å²) in [4.78, 5) is 26.3. The maximum absolute atomic E-state index is 13.5. The van der Waals surface area contributed by atoms with Crippen LogP contribution in [0.1, 0.15) is 43.4 Å². The minimum Gasteiger partial charge on any atom is -0.496 e. The first kappa shape index (κ1) is 24.6. The van der Waals surface area contributed by atoms with Crippen LogP contribution in [0.5, 0.6) is 5.75 Å². The van der Waals surface area contributed by atoms with Gasteiger partial charge < -0.3 is 14.4 Å². The summed E-state index contributed by atoms with van der Waals surface area (Å²) < 4.78 is 51.1.